The van der Waals surface area contributed by atoms with Gasteiger partial charge in [-0.1, -0.05) is 59.1 Å². The molecule has 0 saturated heterocycles. The molecule has 3 N–H and O–H groups in total. The van der Waals surface area contributed by atoms with Crippen LogP contribution in [0.2, 0.25) is 15.1 Å². The minimum absolute atomic E-state index is 0.184. The number of nitrogens with one attached hydrogen (secondary N) is 2. The zero-order valence-corrected chi connectivity index (χ0v) is 16.9. The number of halogens is 3. The van der Waals surface area contributed by atoms with Crippen LogP contribution in [0.4, 0.5) is 0 Å². The van der Waals surface area contributed by atoms with Gasteiger partial charge in [0.25, 0.3) is 0 Å². The molecule has 2 unspecified atom stereocenters. The van der Waals surface area contributed by atoms with Gasteiger partial charge in [-0.2, -0.15) is 0 Å². The van der Waals surface area contributed by atoms with Gasteiger partial charge in [-0.15, -0.1) is 0 Å². The molecule has 3 nitrogen and oxygen atoms in total. The first-order chi connectivity index (χ1) is 13.5. The van der Waals surface area contributed by atoms with Crippen molar-refractivity contribution in [3.63, 3.8) is 0 Å². The van der Waals surface area contributed by atoms with E-state index in [-0.39, 0.29) is 18.0 Å². The van der Waals surface area contributed by atoms with Crippen LogP contribution < -0.4 is 10.6 Å². The van der Waals surface area contributed by atoms with E-state index >= 15 is 0 Å². The first-order valence-electron chi connectivity index (χ1n) is 8.74. The zero-order chi connectivity index (χ0) is 19.7. The summed E-state index contributed by atoms with van der Waals surface area (Å²) in [6.07, 6.45) is 1.84. The summed E-state index contributed by atoms with van der Waals surface area (Å²) in [7, 11) is 0. The van der Waals surface area contributed by atoms with Crippen LogP contribution in [0, 0.1) is 0 Å². The van der Waals surface area contributed by atoms with E-state index in [0.717, 1.165) is 16.8 Å². The Morgan fingerprint density at radius 2 is 1.36 bits per heavy atom. The van der Waals surface area contributed by atoms with Crippen LogP contribution >= 0.6 is 34.8 Å². The lowest BCUT2D eigenvalue weighted by atomic mass is 9.98. The predicted octanol–water partition coefficient (Wildman–Crippen LogP) is 6.33. The Kier molecular flexibility index (Phi) is 5.51. The van der Waals surface area contributed by atoms with Gasteiger partial charge in [-0.3, -0.25) is 5.32 Å². The Morgan fingerprint density at radius 1 is 0.750 bits per heavy atom. The Morgan fingerprint density at radius 3 is 2.04 bits per heavy atom. The van der Waals surface area contributed by atoms with Gasteiger partial charge in [0.2, 0.25) is 0 Å². The van der Waals surface area contributed by atoms with Crippen LogP contribution in [0.15, 0.2) is 72.8 Å². The molecule has 0 radical (unpaired) electrons. The third-order valence-corrected chi connectivity index (χ3v) is 5.40. The molecule has 4 rings (SSSR count). The van der Waals surface area contributed by atoms with E-state index in [4.69, 9.17) is 34.8 Å². The van der Waals surface area contributed by atoms with Gasteiger partial charge in [-0.05, 0) is 59.7 Å². The van der Waals surface area contributed by atoms with Crippen molar-refractivity contribution in [2.24, 2.45) is 0 Å². The quantitative estimate of drug-likeness (QED) is 0.454. The smallest absolute Gasteiger partial charge is 0.120 e. The van der Waals surface area contributed by atoms with Crippen molar-refractivity contribution in [2.45, 2.75) is 12.2 Å². The van der Waals surface area contributed by atoms with E-state index in [9.17, 15) is 5.11 Å². The van der Waals surface area contributed by atoms with Crippen molar-refractivity contribution in [1.29, 1.82) is 0 Å². The first-order valence-corrected chi connectivity index (χ1v) is 9.87. The second-order valence-corrected chi connectivity index (χ2v) is 7.87. The zero-order valence-electron chi connectivity index (χ0n) is 14.7. The molecule has 0 fully saturated rings. The maximum atomic E-state index is 10.4. The number of rotatable bonds is 3. The van der Waals surface area contributed by atoms with Crippen LogP contribution in [-0.4, -0.2) is 5.11 Å². The maximum absolute atomic E-state index is 10.4. The third-order valence-electron chi connectivity index (χ3n) is 4.66. The van der Waals surface area contributed by atoms with E-state index in [2.05, 4.69) is 10.6 Å². The number of phenols is 1. The van der Waals surface area contributed by atoms with Crippen LogP contribution in [-0.2, 0) is 0 Å². The minimum Gasteiger partial charge on any atom is -0.508 e. The molecular weight excluding hydrogens is 415 g/mol. The lowest BCUT2D eigenvalue weighted by Crippen LogP contribution is -2.39. The van der Waals surface area contributed by atoms with Crippen molar-refractivity contribution < 1.29 is 5.11 Å². The summed E-state index contributed by atoms with van der Waals surface area (Å²) in [4.78, 5) is 0. The summed E-state index contributed by atoms with van der Waals surface area (Å²) in [5.41, 5.74) is 3.66. The second kappa shape index (κ2) is 8.06. The summed E-state index contributed by atoms with van der Waals surface area (Å²) in [5.74, 6) is 0.186. The average Bonchev–Trinajstić information content (AvgIpc) is 2.70. The van der Waals surface area contributed by atoms with Crippen LogP contribution in [0.1, 0.15) is 28.9 Å². The molecule has 1 aliphatic heterocycles. The fourth-order valence-electron chi connectivity index (χ4n) is 3.24. The molecule has 28 heavy (non-hydrogen) atoms. The van der Waals surface area contributed by atoms with E-state index in [1.54, 1.807) is 18.2 Å². The molecule has 2 atom stereocenters. The highest BCUT2D eigenvalue weighted by Crippen LogP contribution is 2.35. The van der Waals surface area contributed by atoms with Crippen LogP contribution in [0.5, 0.6) is 5.75 Å². The van der Waals surface area contributed by atoms with Crippen molar-refractivity contribution in [3.8, 4) is 5.75 Å². The van der Waals surface area contributed by atoms with Gasteiger partial charge >= 0.3 is 0 Å². The molecule has 0 spiro atoms. The molecule has 0 aromatic heterocycles. The number of phenolic OH excluding ortho intramolecular Hbond substituents is 1. The van der Waals surface area contributed by atoms with Crippen LogP contribution in [0.3, 0.4) is 0 Å². The number of hydrogen-bond donors (Lipinski definition) is 3. The van der Waals surface area contributed by atoms with Gasteiger partial charge in [0.1, 0.15) is 11.9 Å². The Hall–Kier alpha value is -2.17. The molecular formula is C22H17Cl3N2O. The molecule has 142 valence electrons. The largest absolute Gasteiger partial charge is 0.508 e. The summed E-state index contributed by atoms with van der Waals surface area (Å²) >= 11 is 18.3. The van der Waals surface area contributed by atoms with Crippen molar-refractivity contribution in [1.82, 2.24) is 10.6 Å². The van der Waals surface area contributed by atoms with Crippen molar-refractivity contribution >= 4 is 40.5 Å². The fraction of sp³-hybridized carbons (Fsp3) is 0.0909. The number of benzene rings is 3. The van der Waals surface area contributed by atoms with E-state index in [1.807, 2.05) is 54.6 Å². The predicted molar refractivity (Wildman–Crippen MR) is 116 cm³/mol. The normalized spacial score (nSPS) is 19.0. The highest BCUT2D eigenvalue weighted by Gasteiger charge is 2.25. The average molecular weight is 432 g/mol. The highest BCUT2D eigenvalue weighted by atomic mass is 35.5. The van der Waals surface area contributed by atoms with E-state index < -0.39 is 0 Å². The van der Waals surface area contributed by atoms with Crippen molar-refractivity contribution in [3.05, 3.63) is 105 Å². The summed E-state index contributed by atoms with van der Waals surface area (Å²) < 4.78 is 0. The fourth-order valence-corrected chi connectivity index (χ4v) is 3.67. The monoisotopic (exact) mass is 430 g/mol. The Bertz CT molecular complexity index is 1020. The second-order valence-electron chi connectivity index (χ2n) is 6.56. The van der Waals surface area contributed by atoms with Gasteiger partial charge in [0, 0.05) is 26.3 Å². The highest BCUT2D eigenvalue weighted by molar-refractivity contribution is 6.31. The Labute approximate surface area is 178 Å². The molecule has 3 aromatic carbocycles. The SMILES string of the molecule is Oc1ccc(Cl)cc1C1C=C(c2ccc(Cl)cc2)NC(c2ccc(Cl)cc2)N1. The van der Waals surface area contributed by atoms with Gasteiger partial charge in [-0.25, -0.2) is 0 Å². The summed E-state index contributed by atoms with van der Waals surface area (Å²) in [5, 5.41) is 19.3. The standard InChI is InChI=1S/C22H17Cl3N2O/c23-15-5-1-13(2-6-15)19-12-20(18-11-17(25)9-10-21(18)28)27-22(26-19)14-3-7-16(24)8-4-14/h1-12,20,22,26-28H. The number of aromatic hydroxyl groups is 1. The van der Waals surface area contributed by atoms with Crippen molar-refractivity contribution in [2.75, 3.05) is 0 Å². The van der Waals surface area contributed by atoms with Gasteiger partial charge < -0.3 is 10.4 Å². The lowest BCUT2D eigenvalue weighted by molar-refractivity contribution is 0.419. The Balaban J connectivity index is 1.76. The molecule has 1 heterocycles. The molecule has 1 aliphatic rings. The maximum Gasteiger partial charge on any atom is 0.120 e. The molecule has 0 amide bonds. The number of hydrogen-bond acceptors (Lipinski definition) is 3. The van der Waals surface area contributed by atoms with Crippen LogP contribution in [0.25, 0.3) is 5.70 Å². The molecule has 6 heteroatoms. The minimum atomic E-state index is -0.244. The lowest BCUT2D eigenvalue weighted by Gasteiger charge is -2.33. The first kappa shape index (κ1) is 19.2. The molecule has 0 aliphatic carbocycles. The van der Waals surface area contributed by atoms with Gasteiger partial charge in [0.05, 0.1) is 6.04 Å². The molecule has 0 saturated carbocycles. The summed E-state index contributed by atoms with van der Waals surface area (Å²) in [6, 6.07) is 20.1. The summed E-state index contributed by atoms with van der Waals surface area (Å²) in [6.45, 7) is 0. The van der Waals surface area contributed by atoms with E-state index in [1.165, 1.54) is 0 Å². The van der Waals surface area contributed by atoms with E-state index in [0.29, 0.717) is 20.6 Å². The third kappa shape index (κ3) is 4.13. The molecule has 0 bridgehead atoms. The molecule has 3 aromatic rings. The topological polar surface area (TPSA) is 44.3 Å². The van der Waals surface area contributed by atoms with Gasteiger partial charge in [0.15, 0.2) is 0 Å².